The Morgan fingerprint density at radius 3 is 1.69 bits per heavy atom. The van der Waals surface area contributed by atoms with Crippen molar-refractivity contribution in [2.75, 3.05) is 39.5 Å². The molecular weight excluding hydrogens is 442 g/mol. The van der Waals surface area contributed by atoms with Gasteiger partial charge in [0.25, 0.3) is 0 Å². The Hall–Kier alpha value is -1.84. The van der Waals surface area contributed by atoms with Gasteiger partial charge in [-0.15, -0.1) is 0 Å². The predicted molar refractivity (Wildman–Crippen MR) is 154 cm³/mol. The maximum atomic E-state index is 6.27. The standard InChI is InChI=1S/C33H54NO2/c1-7-9-21-34(22-10-8-2,23-24-35-25-26-36-32-19-15-12-16-20-32)33(27-29(3)4,28-30(5)6)31-17-13-11-14-18-31/h11-20,29-30H,7-10,21-28H2,1-6H3/q+1. The second-order valence-corrected chi connectivity index (χ2v) is 11.4. The van der Waals surface area contributed by atoms with E-state index in [1.54, 1.807) is 0 Å². The van der Waals surface area contributed by atoms with Gasteiger partial charge in [0.15, 0.2) is 0 Å². The minimum Gasteiger partial charge on any atom is -0.491 e. The zero-order chi connectivity index (χ0) is 26.3. The maximum Gasteiger partial charge on any atom is 0.125 e. The van der Waals surface area contributed by atoms with Gasteiger partial charge in [-0.05, 0) is 36.8 Å². The molecule has 0 unspecified atom stereocenters. The summed E-state index contributed by atoms with van der Waals surface area (Å²) in [5, 5.41) is 0. The van der Waals surface area contributed by atoms with Crippen LogP contribution in [0.3, 0.4) is 0 Å². The fraction of sp³-hybridized carbons (Fsp3) is 0.636. The molecule has 202 valence electrons. The maximum absolute atomic E-state index is 6.27. The molecular formula is C33H54NO2+. The molecule has 0 spiro atoms. The van der Waals surface area contributed by atoms with Crippen LogP contribution in [0.4, 0.5) is 0 Å². The number of ether oxygens (including phenoxy) is 2. The summed E-state index contributed by atoms with van der Waals surface area (Å²) in [7, 11) is 0. The van der Waals surface area contributed by atoms with Gasteiger partial charge in [0, 0.05) is 18.4 Å². The van der Waals surface area contributed by atoms with Gasteiger partial charge in [-0.2, -0.15) is 0 Å². The summed E-state index contributed by atoms with van der Waals surface area (Å²) in [6, 6.07) is 21.5. The molecule has 0 saturated heterocycles. The summed E-state index contributed by atoms with van der Waals surface area (Å²) < 4.78 is 13.3. The van der Waals surface area contributed by atoms with Gasteiger partial charge < -0.3 is 14.0 Å². The van der Waals surface area contributed by atoms with Crippen molar-refractivity contribution in [3.63, 3.8) is 0 Å². The average Bonchev–Trinajstić information content (AvgIpc) is 2.87. The van der Waals surface area contributed by atoms with Gasteiger partial charge in [-0.3, -0.25) is 0 Å². The number of para-hydroxylation sites is 1. The number of quaternary nitrogens is 1. The molecule has 3 nitrogen and oxygen atoms in total. The summed E-state index contributed by atoms with van der Waals surface area (Å²) >= 11 is 0. The lowest BCUT2D eigenvalue weighted by Crippen LogP contribution is -2.65. The number of nitrogens with zero attached hydrogens (tertiary/aromatic N) is 1. The Balaban J connectivity index is 2.34. The van der Waals surface area contributed by atoms with Crippen LogP contribution in [0, 0.1) is 11.8 Å². The Labute approximate surface area is 222 Å². The lowest BCUT2D eigenvalue weighted by atomic mass is 9.73. The van der Waals surface area contributed by atoms with E-state index in [1.165, 1.54) is 57.2 Å². The fourth-order valence-electron chi connectivity index (χ4n) is 6.05. The van der Waals surface area contributed by atoms with Crippen LogP contribution in [0.2, 0.25) is 0 Å². The van der Waals surface area contributed by atoms with E-state index in [1.807, 2.05) is 30.3 Å². The van der Waals surface area contributed by atoms with Crippen molar-refractivity contribution in [1.29, 1.82) is 0 Å². The molecule has 0 atom stereocenters. The van der Waals surface area contributed by atoms with E-state index in [2.05, 4.69) is 71.9 Å². The third kappa shape index (κ3) is 8.92. The lowest BCUT2D eigenvalue weighted by Gasteiger charge is -2.56. The number of rotatable bonds is 19. The van der Waals surface area contributed by atoms with E-state index in [0.717, 1.165) is 23.4 Å². The van der Waals surface area contributed by atoms with Gasteiger partial charge >= 0.3 is 0 Å². The van der Waals surface area contributed by atoms with Crippen molar-refractivity contribution in [1.82, 2.24) is 0 Å². The number of hydrogen-bond acceptors (Lipinski definition) is 2. The van der Waals surface area contributed by atoms with Gasteiger partial charge in [0.2, 0.25) is 0 Å². The average molecular weight is 497 g/mol. The smallest absolute Gasteiger partial charge is 0.125 e. The number of hydrogen-bond donors (Lipinski definition) is 0. The molecule has 0 heterocycles. The molecule has 0 amide bonds. The summed E-state index contributed by atoms with van der Waals surface area (Å²) in [4.78, 5) is 0. The second-order valence-electron chi connectivity index (χ2n) is 11.4. The molecule has 2 aromatic carbocycles. The highest BCUT2D eigenvalue weighted by Gasteiger charge is 2.51. The highest BCUT2D eigenvalue weighted by Crippen LogP contribution is 2.46. The van der Waals surface area contributed by atoms with Crippen LogP contribution in [0.25, 0.3) is 0 Å². The molecule has 2 rings (SSSR count). The van der Waals surface area contributed by atoms with E-state index in [0.29, 0.717) is 25.0 Å². The molecule has 0 aliphatic rings. The van der Waals surface area contributed by atoms with Crippen molar-refractivity contribution < 1.29 is 14.0 Å². The first-order chi connectivity index (χ1) is 17.4. The first-order valence-electron chi connectivity index (χ1n) is 14.6. The van der Waals surface area contributed by atoms with Crippen LogP contribution in [-0.2, 0) is 10.3 Å². The molecule has 3 heteroatoms. The molecule has 36 heavy (non-hydrogen) atoms. The van der Waals surface area contributed by atoms with Crippen molar-refractivity contribution >= 4 is 0 Å². The molecule has 0 radical (unpaired) electrons. The van der Waals surface area contributed by atoms with E-state index >= 15 is 0 Å². The molecule has 0 aromatic heterocycles. The third-order valence-corrected chi connectivity index (χ3v) is 7.49. The Morgan fingerprint density at radius 2 is 1.19 bits per heavy atom. The summed E-state index contributed by atoms with van der Waals surface area (Å²) in [6.07, 6.45) is 7.38. The van der Waals surface area contributed by atoms with Gasteiger partial charge in [-0.1, -0.05) is 103 Å². The zero-order valence-corrected chi connectivity index (χ0v) is 24.2. The van der Waals surface area contributed by atoms with Crippen molar-refractivity contribution in [2.24, 2.45) is 11.8 Å². The molecule has 2 aromatic rings. The summed E-state index contributed by atoms with van der Waals surface area (Å²) in [6.45, 7) is 19.8. The van der Waals surface area contributed by atoms with Gasteiger partial charge in [-0.25, -0.2) is 0 Å². The quantitative estimate of drug-likeness (QED) is 0.143. The minimum atomic E-state index is 0.0951. The Morgan fingerprint density at radius 1 is 0.667 bits per heavy atom. The molecule has 0 aliphatic heterocycles. The van der Waals surface area contributed by atoms with Crippen LogP contribution in [-0.4, -0.2) is 43.9 Å². The normalized spacial score (nSPS) is 12.4. The summed E-state index contributed by atoms with van der Waals surface area (Å²) in [5.41, 5.74) is 1.62. The molecule has 0 fully saturated rings. The molecule has 0 N–H and O–H groups in total. The van der Waals surface area contributed by atoms with E-state index in [4.69, 9.17) is 9.47 Å². The first kappa shape index (κ1) is 30.4. The highest BCUT2D eigenvalue weighted by atomic mass is 16.5. The number of benzene rings is 2. The van der Waals surface area contributed by atoms with E-state index in [9.17, 15) is 0 Å². The Kier molecular flexibility index (Phi) is 13.6. The van der Waals surface area contributed by atoms with Crippen molar-refractivity contribution in [3.05, 3.63) is 66.2 Å². The van der Waals surface area contributed by atoms with Crippen molar-refractivity contribution in [3.8, 4) is 5.75 Å². The number of unbranched alkanes of at least 4 members (excludes halogenated alkanes) is 2. The predicted octanol–water partition coefficient (Wildman–Crippen LogP) is 8.49. The SMILES string of the molecule is CCCC[N+](CCCC)(CCOCCOc1ccccc1)C(CC(C)C)(CC(C)C)c1ccccc1. The lowest BCUT2D eigenvalue weighted by molar-refractivity contribution is -0.986. The highest BCUT2D eigenvalue weighted by molar-refractivity contribution is 5.23. The molecule has 0 saturated carbocycles. The van der Waals surface area contributed by atoms with Gasteiger partial charge in [0.05, 0.1) is 26.3 Å². The molecule has 0 bridgehead atoms. The van der Waals surface area contributed by atoms with Crippen LogP contribution in [0.15, 0.2) is 60.7 Å². The van der Waals surface area contributed by atoms with Crippen LogP contribution < -0.4 is 4.74 Å². The minimum absolute atomic E-state index is 0.0951. The third-order valence-electron chi connectivity index (χ3n) is 7.49. The van der Waals surface area contributed by atoms with Crippen LogP contribution in [0.1, 0.15) is 85.6 Å². The topological polar surface area (TPSA) is 18.5 Å². The monoisotopic (exact) mass is 496 g/mol. The second kappa shape index (κ2) is 16.1. The van der Waals surface area contributed by atoms with Gasteiger partial charge in [0.1, 0.15) is 24.4 Å². The van der Waals surface area contributed by atoms with E-state index < -0.39 is 0 Å². The zero-order valence-electron chi connectivity index (χ0n) is 24.2. The van der Waals surface area contributed by atoms with E-state index in [-0.39, 0.29) is 5.54 Å². The summed E-state index contributed by atoms with van der Waals surface area (Å²) in [5.74, 6) is 2.17. The van der Waals surface area contributed by atoms with Crippen LogP contribution >= 0.6 is 0 Å². The molecule has 0 aliphatic carbocycles. The van der Waals surface area contributed by atoms with Crippen LogP contribution in [0.5, 0.6) is 5.75 Å². The first-order valence-corrected chi connectivity index (χ1v) is 14.6. The largest absolute Gasteiger partial charge is 0.491 e. The Bertz CT molecular complexity index is 785. The fourth-order valence-corrected chi connectivity index (χ4v) is 6.05. The van der Waals surface area contributed by atoms with Crippen molar-refractivity contribution in [2.45, 2.75) is 85.6 Å².